The predicted octanol–water partition coefficient (Wildman–Crippen LogP) is -0.459. The number of aromatic nitrogens is 2. The van der Waals surface area contributed by atoms with Crippen LogP contribution in [0.3, 0.4) is 0 Å². The molecule has 0 fully saturated rings. The van der Waals surface area contributed by atoms with Crippen LogP contribution in [0.15, 0.2) is 12.5 Å². The smallest absolute Gasteiger partial charge is 0.326 e. The van der Waals surface area contributed by atoms with Gasteiger partial charge in [0.1, 0.15) is 18.1 Å². The zero-order chi connectivity index (χ0) is 23.7. The van der Waals surface area contributed by atoms with Gasteiger partial charge in [-0.1, -0.05) is 34.1 Å². The first-order chi connectivity index (χ1) is 14.5. The fourth-order valence-corrected chi connectivity index (χ4v) is 2.84. The summed E-state index contributed by atoms with van der Waals surface area (Å²) in [6.07, 6.45) is 3.47. The molecule has 5 atom stereocenters. The SMILES string of the molecule is CCC(C)C(NC(=O)C(NC(=O)C(C)N)C(C)C)C(=O)NC(Cc1cnc[nH]1)C(=O)O. The van der Waals surface area contributed by atoms with Crippen LogP contribution in [-0.2, 0) is 25.6 Å². The number of nitrogens with two attached hydrogens (primary N) is 1. The highest BCUT2D eigenvalue weighted by atomic mass is 16.4. The first-order valence-corrected chi connectivity index (χ1v) is 10.3. The molecule has 5 unspecified atom stereocenters. The van der Waals surface area contributed by atoms with E-state index in [1.165, 1.54) is 19.4 Å². The molecule has 0 bridgehead atoms. The van der Waals surface area contributed by atoms with Crippen molar-refractivity contribution in [1.82, 2.24) is 25.9 Å². The standard InChI is InChI=1S/C20H34N6O5/c1-6-11(4)16(26-18(28)15(10(2)3)25-17(27)12(5)21)19(29)24-14(20(30)31)7-13-8-22-9-23-13/h8-12,14-16H,6-7,21H2,1-5H3,(H,22,23)(H,24,29)(H,25,27)(H,26,28)(H,30,31). The number of amides is 3. The Balaban J connectivity index is 2.97. The van der Waals surface area contributed by atoms with Gasteiger partial charge in [0, 0.05) is 18.3 Å². The van der Waals surface area contributed by atoms with Crippen molar-refractivity contribution in [2.24, 2.45) is 17.6 Å². The molecule has 0 aliphatic rings. The average Bonchev–Trinajstić information content (AvgIpc) is 3.21. The van der Waals surface area contributed by atoms with Gasteiger partial charge in [-0.3, -0.25) is 14.4 Å². The molecule has 11 nitrogen and oxygen atoms in total. The van der Waals surface area contributed by atoms with E-state index >= 15 is 0 Å². The summed E-state index contributed by atoms with van der Waals surface area (Å²) in [4.78, 5) is 56.0. The van der Waals surface area contributed by atoms with Crippen LogP contribution in [0.25, 0.3) is 0 Å². The third kappa shape index (κ3) is 8.00. The highest BCUT2D eigenvalue weighted by molar-refractivity contribution is 5.94. The summed E-state index contributed by atoms with van der Waals surface area (Å²) in [6.45, 7) is 8.66. The lowest BCUT2D eigenvalue weighted by Crippen LogP contribution is -2.59. The van der Waals surface area contributed by atoms with Crippen molar-refractivity contribution in [2.45, 2.75) is 71.6 Å². The van der Waals surface area contributed by atoms with Crippen molar-refractivity contribution in [3.05, 3.63) is 18.2 Å². The van der Waals surface area contributed by atoms with Crippen LogP contribution in [0, 0.1) is 11.8 Å². The number of nitrogens with zero attached hydrogens (tertiary/aromatic N) is 1. The summed E-state index contributed by atoms with van der Waals surface area (Å²) in [5.41, 5.74) is 6.12. The van der Waals surface area contributed by atoms with E-state index in [4.69, 9.17) is 5.73 Å². The van der Waals surface area contributed by atoms with Crippen LogP contribution in [-0.4, -0.2) is 62.9 Å². The highest BCUT2D eigenvalue weighted by Gasteiger charge is 2.33. The van der Waals surface area contributed by atoms with E-state index < -0.39 is 47.9 Å². The third-order valence-electron chi connectivity index (χ3n) is 5.05. The molecule has 0 spiro atoms. The average molecular weight is 439 g/mol. The third-order valence-corrected chi connectivity index (χ3v) is 5.05. The lowest BCUT2D eigenvalue weighted by atomic mass is 9.96. The minimum absolute atomic E-state index is 0.0152. The van der Waals surface area contributed by atoms with E-state index in [2.05, 4.69) is 25.9 Å². The van der Waals surface area contributed by atoms with Gasteiger partial charge in [0.15, 0.2) is 0 Å². The Kier molecular flexibility index (Phi) is 10.1. The molecular weight excluding hydrogens is 404 g/mol. The Labute approximate surface area is 181 Å². The van der Waals surface area contributed by atoms with E-state index in [1.54, 1.807) is 20.8 Å². The second kappa shape index (κ2) is 12.0. The van der Waals surface area contributed by atoms with Crippen molar-refractivity contribution in [1.29, 1.82) is 0 Å². The summed E-state index contributed by atoms with van der Waals surface area (Å²) in [5, 5.41) is 17.3. The zero-order valence-electron chi connectivity index (χ0n) is 18.6. The number of carbonyl (C=O) groups is 4. The summed E-state index contributed by atoms with van der Waals surface area (Å²) in [6, 6.07) is -3.86. The van der Waals surface area contributed by atoms with Crippen molar-refractivity contribution in [3.8, 4) is 0 Å². The predicted molar refractivity (Wildman–Crippen MR) is 114 cm³/mol. The van der Waals surface area contributed by atoms with Gasteiger partial charge >= 0.3 is 5.97 Å². The van der Waals surface area contributed by atoms with Gasteiger partial charge in [0.2, 0.25) is 17.7 Å². The number of hydrogen-bond donors (Lipinski definition) is 6. The van der Waals surface area contributed by atoms with Gasteiger partial charge in [-0.25, -0.2) is 9.78 Å². The highest BCUT2D eigenvalue weighted by Crippen LogP contribution is 2.11. The summed E-state index contributed by atoms with van der Waals surface area (Å²) in [7, 11) is 0. The van der Waals surface area contributed by atoms with Gasteiger partial charge in [-0.2, -0.15) is 0 Å². The Morgan fingerprint density at radius 1 is 1.03 bits per heavy atom. The maximum absolute atomic E-state index is 12.9. The first-order valence-electron chi connectivity index (χ1n) is 10.3. The number of hydrogen-bond acceptors (Lipinski definition) is 6. The fraction of sp³-hybridized carbons (Fsp3) is 0.650. The van der Waals surface area contributed by atoms with Crippen LogP contribution < -0.4 is 21.7 Å². The second-order valence-electron chi connectivity index (χ2n) is 8.07. The largest absolute Gasteiger partial charge is 0.480 e. The second-order valence-corrected chi connectivity index (χ2v) is 8.07. The number of aliphatic carboxylic acids is 1. The van der Waals surface area contributed by atoms with Gasteiger partial charge in [-0.15, -0.1) is 0 Å². The molecule has 1 aromatic heterocycles. The molecule has 1 heterocycles. The van der Waals surface area contributed by atoms with E-state index in [0.29, 0.717) is 12.1 Å². The number of carbonyl (C=O) groups excluding carboxylic acids is 3. The molecule has 1 aromatic rings. The Morgan fingerprint density at radius 2 is 1.61 bits per heavy atom. The minimum Gasteiger partial charge on any atom is -0.480 e. The van der Waals surface area contributed by atoms with Gasteiger partial charge in [0.05, 0.1) is 12.4 Å². The maximum atomic E-state index is 12.9. The van der Waals surface area contributed by atoms with Gasteiger partial charge in [0.25, 0.3) is 0 Å². The number of aromatic amines is 1. The van der Waals surface area contributed by atoms with Crippen molar-refractivity contribution < 1.29 is 24.3 Å². The summed E-state index contributed by atoms with van der Waals surface area (Å²) < 4.78 is 0. The monoisotopic (exact) mass is 438 g/mol. The molecule has 1 rings (SSSR count). The number of nitrogens with one attached hydrogen (secondary N) is 4. The van der Waals surface area contributed by atoms with Gasteiger partial charge < -0.3 is 31.8 Å². The zero-order valence-corrected chi connectivity index (χ0v) is 18.6. The lowest BCUT2D eigenvalue weighted by Gasteiger charge is -2.29. The van der Waals surface area contributed by atoms with Crippen molar-refractivity contribution in [2.75, 3.05) is 0 Å². The normalized spacial score (nSPS) is 16.0. The van der Waals surface area contributed by atoms with E-state index in [9.17, 15) is 24.3 Å². The molecule has 0 aliphatic heterocycles. The van der Waals surface area contributed by atoms with Crippen LogP contribution >= 0.6 is 0 Å². The lowest BCUT2D eigenvalue weighted by molar-refractivity contribution is -0.142. The van der Waals surface area contributed by atoms with Crippen LogP contribution in [0.4, 0.5) is 0 Å². The topological polar surface area (TPSA) is 179 Å². The maximum Gasteiger partial charge on any atom is 0.326 e. The van der Waals surface area contributed by atoms with Crippen LogP contribution in [0.5, 0.6) is 0 Å². The molecule has 0 radical (unpaired) electrons. The molecule has 174 valence electrons. The van der Waals surface area contributed by atoms with Gasteiger partial charge in [-0.05, 0) is 18.8 Å². The van der Waals surface area contributed by atoms with Crippen LogP contribution in [0.2, 0.25) is 0 Å². The number of rotatable bonds is 12. The molecule has 0 saturated heterocycles. The molecular formula is C20H34N6O5. The van der Waals surface area contributed by atoms with E-state index in [-0.39, 0.29) is 18.3 Å². The molecule has 3 amide bonds. The number of H-pyrrole nitrogens is 1. The Morgan fingerprint density at radius 3 is 2.06 bits per heavy atom. The van der Waals surface area contributed by atoms with E-state index in [1.807, 2.05) is 6.92 Å². The Hall–Kier alpha value is -2.95. The number of imidazole rings is 1. The number of carboxylic acid groups (broad SMARTS) is 1. The fourth-order valence-electron chi connectivity index (χ4n) is 2.84. The van der Waals surface area contributed by atoms with E-state index in [0.717, 1.165) is 0 Å². The summed E-state index contributed by atoms with van der Waals surface area (Å²) in [5.74, 6) is -3.37. The first kappa shape index (κ1) is 26.1. The minimum atomic E-state index is -1.21. The molecule has 31 heavy (non-hydrogen) atoms. The quantitative estimate of drug-likeness (QED) is 0.255. The molecule has 7 N–H and O–H groups in total. The molecule has 0 saturated carbocycles. The van der Waals surface area contributed by atoms with Crippen molar-refractivity contribution in [3.63, 3.8) is 0 Å². The summed E-state index contributed by atoms with van der Waals surface area (Å²) >= 11 is 0. The van der Waals surface area contributed by atoms with Crippen molar-refractivity contribution >= 4 is 23.7 Å². The Bertz CT molecular complexity index is 749. The molecule has 0 aromatic carbocycles. The molecule has 0 aliphatic carbocycles. The molecule has 11 heteroatoms. The van der Waals surface area contributed by atoms with Crippen LogP contribution in [0.1, 0.15) is 46.7 Å². The number of carboxylic acids is 1.